The second-order valence-corrected chi connectivity index (χ2v) is 6.78. The van der Waals surface area contributed by atoms with Crippen LogP contribution in [0, 0.1) is 17.5 Å². The molecule has 0 spiro atoms. The molecule has 154 valence electrons. The number of nitrogens with zero attached hydrogens (tertiary/aromatic N) is 1. The summed E-state index contributed by atoms with van der Waals surface area (Å²) < 4.78 is 46.2. The Morgan fingerprint density at radius 2 is 1.83 bits per heavy atom. The molecule has 2 N–H and O–H groups in total. The van der Waals surface area contributed by atoms with E-state index in [2.05, 4.69) is 5.32 Å². The number of carbonyl (C=O) groups is 2. The molecule has 0 bridgehead atoms. The Morgan fingerprint density at radius 1 is 1.17 bits per heavy atom. The Bertz CT molecular complexity index is 921. The number of ether oxygens (including phenoxy) is 1. The van der Waals surface area contributed by atoms with Crippen LogP contribution < -0.4 is 10.1 Å². The fourth-order valence-electron chi connectivity index (χ4n) is 3.48. The number of benzene rings is 2. The van der Waals surface area contributed by atoms with Gasteiger partial charge in [-0.2, -0.15) is 0 Å². The summed E-state index contributed by atoms with van der Waals surface area (Å²) in [5.74, 6) is -4.29. The molecule has 1 fully saturated rings. The molecule has 2 aromatic rings. The van der Waals surface area contributed by atoms with E-state index in [-0.39, 0.29) is 31.0 Å². The highest BCUT2D eigenvalue weighted by Crippen LogP contribution is 2.33. The van der Waals surface area contributed by atoms with Crippen molar-refractivity contribution in [3.05, 3.63) is 65.0 Å². The summed E-state index contributed by atoms with van der Waals surface area (Å²) in [5.41, 5.74) is 0.561. The van der Waals surface area contributed by atoms with Crippen LogP contribution in [0.4, 0.5) is 18.0 Å². The van der Waals surface area contributed by atoms with Gasteiger partial charge in [0.1, 0.15) is 11.6 Å². The van der Waals surface area contributed by atoms with Crippen LogP contribution in [0.2, 0.25) is 0 Å². The lowest BCUT2D eigenvalue weighted by Gasteiger charge is -2.38. The molecule has 0 aromatic heterocycles. The Labute approximate surface area is 164 Å². The number of hydrogen-bond donors (Lipinski definition) is 2. The monoisotopic (exact) mass is 408 g/mol. The molecule has 0 unspecified atom stereocenters. The third-order valence-corrected chi connectivity index (χ3v) is 4.93. The number of piperidine rings is 1. The van der Waals surface area contributed by atoms with E-state index in [1.807, 2.05) is 0 Å². The highest BCUT2D eigenvalue weighted by molar-refractivity contribution is 5.79. The molecule has 9 heteroatoms. The Balaban J connectivity index is 1.85. The van der Waals surface area contributed by atoms with Crippen LogP contribution in [0.25, 0.3) is 0 Å². The number of carbonyl (C=O) groups excluding carboxylic acids is 1. The van der Waals surface area contributed by atoms with Crippen LogP contribution in [-0.2, 0) is 11.3 Å². The largest absolute Gasteiger partial charge is 0.497 e. The van der Waals surface area contributed by atoms with Crippen molar-refractivity contribution < 1.29 is 32.6 Å². The fourth-order valence-corrected chi connectivity index (χ4v) is 3.48. The summed E-state index contributed by atoms with van der Waals surface area (Å²) in [4.78, 5) is 25.3. The molecule has 2 atom stereocenters. The molecule has 3 rings (SSSR count). The van der Waals surface area contributed by atoms with E-state index in [1.165, 1.54) is 12.0 Å². The molecular weight excluding hydrogens is 389 g/mol. The number of nitrogens with one attached hydrogen (secondary N) is 1. The molecular formula is C20H19F3N2O4. The average Bonchev–Trinajstić information content (AvgIpc) is 2.67. The van der Waals surface area contributed by atoms with Crippen molar-refractivity contribution >= 4 is 12.0 Å². The van der Waals surface area contributed by atoms with E-state index in [0.29, 0.717) is 17.9 Å². The predicted molar refractivity (Wildman–Crippen MR) is 97.0 cm³/mol. The predicted octanol–water partition coefficient (Wildman–Crippen LogP) is 3.26. The van der Waals surface area contributed by atoms with Gasteiger partial charge in [-0.15, -0.1) is 0 Å². The molecule has 0 aliphatic carbocycles. The second-order valence-electron chi connectivity index (χ2n) is 6.78. The van der Waals surface area contributed by atoms with Gasteiger partial charge in [-0.05, 0) is 29.3 Å². The number of rotatable bonds is 5. The van der Waals surface area contributed by atoms with E-state index < -0.39 is 35.5 Å². The molecule has 1 saturated heterocycles. The third kappa shape index (κ3) is 4.61. The fraction of sp³-hybridized carbons (Fsp3) is 0.300. The van der Waals surface area contributed by atoms with Gasteiger partial charge in [-0.3, -0.25) is 4.79 Å². The minimum Gasteiger partial charge on any atom is -0.497 e. The number of hydrogen-bond acceptors (Lipinski definition) is 3. The highest BCUT2D eigenvalue weighted by Gasteiger charge is 2.37. The summed E-state index contributed by atoms with van der Waals surface area (Å²) >= 11 is 0. The normalized spacial score (nSPS) is 19.2. The lowest BCUT2D eigenvalue weighted by atomic mass is 9.84. The van der Waals surface area contributed by atoms with Crippen LogP contribution >= 0.6 is 0 Å². The van der Waals surface area contributed by atoms with Crippen LogP contribution in [0.5, 0.6) is 5.75 Å². The molecule has 0 radical (unpaired) electrons. The smallest absolute Gasteiger partial charge is 0.404 e. The van der Waals surface area contributed by atoms with Gasteiger partial charge in [0.05, 0.1) is 13.2 Å². The zero-order valence-electron chi connectivity index (χ0n) is 15.5. The van der Waals surface area contributed by atoms with Crippen molar-refractivity contribution in [1.29, 1.82) is 0 Å². The van der Waals surface area contributed by atoms with E-state index in [9.17, 15) is 22.8 Å². The van der Waals surface area contributed by atoms with Crippen LogP contribution in [0.1, 0.15) is 23.5 Å². The first-order chi connectivity index (χ1) is 13.8. The maximum absolute atomic E-state index is 14.2. The lowest BCUT2D eigenvalue weighted by Crippen LogP contribution is -2.53. The molecule has 29 heavy (non-hydrogen) atoms. The van der Waals surface area contributed by atoms with Crippen LogP contribution in [0.15, 0.2) is 36.4 Å². The number of likely N-dealkylation sites (tertiary alicyclic amines) is 1. The van der Waals surface area contributed by atoms with Crippen LogP contribution in [-0.4, -0.2) is 41.7 Å². The Morgan fingerprint density at radius 3 is 2.45 bits per heavy atom. The molecule has 6 nitrogen and oxygen atoms in total. The first-order valence-electron chi connectivity index (χ1n) is 8.83. The van der Waals surface area contributed by atoms with Gasteiger partial charge in [-0.1, -0.05) is 12.1 Å². The number of halogens is 3. The topological polar surface area (TPSA) is 78.9 Å². The lowest BCUT2D eigenvalue weighted by molar-refractivity contribution is -0.135. The summed E-state index contributed by atoms with van der Waals surface area (Å²) in [5, 5.41) is 11.4. The summed E-state index contributed by atoms with van der Waals surface area (Å²) in [6.45, 7) is 0.174. The second kappa shape index (κ2) is 8.42. The molecule has 1 aliphatic heterocycles. The standard InChI is InChI=1S/C20H19F3N2O4/c1-29-12-4-2-11(3-5-12)9-25-10-18(24-20(27)28)14(7-19(25)26)13-6-16(22)17(23)8-15(13)21/h2-6,8,14,18,24H,7,9-10H2,1H3,(H,27,28)/t14-,18+/m0/s1. The first-order valence-corrected chi connectivity index (χ1v) is 8.83. The van der Waals surface area contributed by atoms with Gasteiger partial charge in [0.2, 0.25) is 5.91 Å². The maximum Gasteiger partial charge on any atom is 0.404 e. The van der Waals surface area contributed by atoms with Gasteiger partial charge in [0.15, 0.2) is 11.6 Å². The first kappa shape index (κ1) is 20.5. The third-order valence-electron chi connectivity index (χ3n) is 4.93. The minimum absolute atomic E-state index is 0.0414. The van der Waals surface area contributed by atoms with E-state index >= 15 is 0 Å². The van der Waals surface area contributed by atoms with Gasteiger partial charge in [0.25, 0.3) is 0 Å². The quantitative estimate of drug-likeness (QED) is 0.745. The summed E-state index contributed by atoms with van der Waals surface area (Å²) in [7, 11) is 1.53. The summed E-state index contributed by atoms with van der Waals surface area (Å²) in [6, 6.07) is 7.20. The maximum atomic E-state index is 14.2. The highest BCUT2D eigenvalue weighted by atomic mass is 19.2. The van der Waals surface area contributed by atoms with Crippen LogP contribution in [0.3, 0.4) is 0 Å². The van der Waals surface area contributed by atoms with E-state index in [4.69, 9.17) is 9.84 Å². The zero-order valence-corrected chi connectivity index (χ0v) is 15.5. The zero-order chi connectivity index (χ0) is 21.1. The van der Waals surface area contributed by atoms with E-state index in [0.717, 1.165) is 5.56 Å². The van der Waals surface area contributed by atoms with Gasteiger partial charge >= 0.3 is 6.09 Å². The van der Waals surface area contributed by atoms with Crippen molar-refractivity contribution in [1.82, 2.24) is 10.2 Å². The molecule has 2 amide bonds. The minimum atomic E-state index is -1.36. The Hall–Kier alpha value is -3.23. The molecule has 1 aliphatic rings. The van der Waals surface area contributed by atoms with Crippen molar-refractivity contribution in [3.63, 3.8) is 0 Å². The van der Waals surface area contributed by atoms with Crippen molar-refractivity contribution in [2.45, 2.75) is 24.9 Å². The van der Waals surface area contributed by atoms with E-state index in [1.54, 1.807) is 24.3 Å². The van der Waals surface area contributed by atoms with Crippen molar-refractivity contribution in [2.24, 2.45) is 0 Å². The van der Waals surface area contributed by atoms with Crippen molar-refractivity contribution in [2.75, 3.05) is 13.7 Å². The number of methoxy groups -OCH3 is 1. The van der Waals surface area contributed by atoms with Crippen molar-refractivity contribution in [3.8, 4) is 5.75 Å². The SMILES string of the molecule is COc1ccc(CN2C[C@@H](NC(=O)O)[C@H](c3cc(F)c(F)cc3F)CC2=O)cc1. The number of amides is 2. The van der Waals surface area contributed by atoms with Gasteiger partial charge < -0.3 is 20.1 Å². The summed E-state index contributed by atoms with van der Waals surface area (Å²) in [6.07, 6.45) is -1.61. The Kier molecular flexibility index (Phi) is 5.95. The number of carboxylic acid groups (broad SMARTS) is 1. The molecule has 2 aromatic carbocycles. The average molecular weight is 408 g/mol. The molecule has 1 heterocycles. The molecule has 0 saturated carbocycles. The van der Waals surface area contributed by atoms with Gasteiger partial charge in [-0.25, -0.2) is 18.0 Å². The van der Waals surface area contributed by atoms with Gasteiger partial charge in [0, 0.05) is 31.5 Å².